The minimum atomic E-state index is -0.976. The van der Waals surface area contributed by atoms with Crippen molar-refractivity contribution in [2.75, 3.05) is 31.1 Å². The van der Waals surface area contributed by atoms with Gasteiger partial charge in [-0.3, -0.25) is 39.1 Å². The molecule has 5 fully saturated rings. The lowest BCUT2D eigenvalue weighted by Crippen LogP contribution is -2.74. The van der Waals surface area contributed by atoms with Gasteiger partial charge in [0.05, 0.1) is 39.5 Å². The van der Waals surface area contributed by atoms with Crippen LogP contribution < -0.4 is 15.0 Å². The van der Waals surface area contributed by atoms with Crippen LogP contribution in [0, 0.1) is 51.8 Å². The van der Waals surface area contributed by atoms with Gasteiger partial charge in [0.1, 0.15) is 29.7 Å². The number of aromatic nitrogens is 1. The molecule has 312 valence electrons. The van der Waals surface area contributed by atoms with Crippen molar-refractivity contribution in [3.8, 4) is 23.7 Å². The van der Waals surface area contributed by atoms with Crippen LogP contribution in [0.1, 0.15) is 101 Å². The van der Waals surface area contributed by atoms with Gasteiger partial charge in [-0.25, -0.2) is 4.98 Å². The Kier molecular flexibility index (Phi) is 9.13. The van der Waals surface area contributed by atoms with E-state index in [9.17, 15) is 29.2 Å². The molecular formula is C47H46ClN7O6. The van der Waals surface area contributed by atoms with E-state index in [2.05, 4.69) is 60.7 Å². The van der Waals surface area contributed by atoms with Gasteiger partial charge < -0.3 is 14.5 Å². The maximum atomic E-state index is 13.8. The molecule has 61 heavy (non-hydrogen) atoms. The van der Waals surface area contributed by atoms with E-state index in [4.69, 9.17) is 21.3 Å². The van der Waals surface area contributed by atoms with Crippen LogP contribution in [0.5, 0.6) is 5.75 Å². The van der Waals surface area contributed by atoms with Crippen LogP contribution in [-0.4, -0.2) is 99.6 Å². The topological polar surface area (TPSA) is 156 Å². The number of carbonyl (C=O) groups excluding carboxylic acids is 5. The van der Waals surface area contributed by atoms with Gasteiger partial charge >= 0.3 is 0 Å². The molecule has 3 unspecified atom stereocenters. The monoisotopic (exact) mass is 839 g/mol. The minimum Gasteiger partial charge on any atom is -0.489 e. The molecule has 5 amide bonds. The summed E-state index contributed by atoms with van der Waals surface area (Å²) < 4.78 is 6.47. The van der Waals surface area contributed by atoms with Gasteiger partial charge in [-0.2, -0.15) is 5.26 Å². The molecule has 0 radical (unpaired) electrons. The summed E-state index contributed by atoms with van der Waals surface area (Å²) in [5, 5.41) is 11.9. The van der Waals surface area contributed by atoms with Gasteiger partial charge in [-0.1, -0.05) is 45.2 Å². The third-order valence-corrected chi connectivity index (χ3v) is 14.8. The molecule has 3 atom stereocenters. The first kappa shape index (κ1) is 39.4. The number of carbonyl (C=O) groups is 5. The first-order valence-corrected chi connectivity index (χ1v) is 21.5. The molecule has 2 aliphatic carbocycles. The molecule has 2 aromatic carbocycles. The lowest BCUT2D eigenvalue weighted by atomic mass is 9.49. The number of hydrogen-bond donors (Lipinski definition) is 1. The SMILES string of the molecule is CC1(C)[C@H](Oc2ccc(C#N)c(Cl)c2)C(C)(C)[C@H]1N1Cc2nc(C#CC3CC(N4CC5CN(c6ccc7c(c6)C(=O)N(C6CCC(=O)NC6=O)C7=O)CC5C4)C3)ccc2C1=O. The highest BCUT2D eigenvalue weighted by Gasteiger charge is 2.67. The summed E-state index contributed by atoms with van der Waals surface area (Å²) in [6, 6.07) is 15.7. The van der Waals surface area contributed by atoms with E-state index in [1.165, 1.54) is 0 Å². The smallest absolute Gasteiger partial charge is 0.262 e. The summed E-state index contributed by atoms with van der Waals surface area (Å²) in [7, 11) is 0. The summed E-state index contributed by atoms with van der Waals surface area (Å²) >= 11 is 6.29. The Hall–Kier alpha value is -5.76. The Balaban J connectivity index is 0.721. The van der Waals surface area contributed by atoms with Gasteiger partial charge in [0.25, 0.3) is 17.7 Å². The second kappa shape index (κ2) is 14.1. The molecular weight excluding hydrogens is 794 g/mol. The average Bonchev–Trinajstić information content (AvgIpc) is 3.93. The molecule has 1 N–H and O–H groups in total. The number of amides is 5. The van der Waals surface area contributed by atoms with Crippen LogP contribution in [-0.2, 0) is 16.1 Å². The molecule has 1 aromatic heterocycles. The molecule has 0 bridgehead atoms. The van der Waals surface area contributed by atoms with Gasteiger partial charge in [-0.15, -0.1) is 0 Å². The highest BCUT2D eigenvalue weighted by molar-refractivity contribution is 6.31. The molecule has 14 heteroatoms. The lowest BCUT2D eigenvalue weighted by molar-refractivity contribution is -0.199. The van der Waals surface area contributed by atoms with Gasteiger partial charge in [0, 0.05) is 73.2 Å². The fourth-order valence-electron chi connectivity index (χ4n) is 11.9. The molecule has 3 saturated heterocycles. The average molecular weight is 840 g/mol. The van der Waals surface area contributed by atoms with Crippen molar-refractivity contribution in [3.05, 3.63) is 87.2 Å². The largest absolute Gasteiger partial charge is 0.489 e. The highest BCUT2D eigenvalue weighted by atomic mass is 35.5. The second-order valence-corrected chi connectivity index (χ2v) is 19.5. The Morgan fingerprint density at radius 2 is 1.56 bits per heavy atom. The Morgan fingerprint density at radius 3 is 2.25 bits per heavy atom. The predicted octanol–water partition coefficient (Wildman–Crippen LogP) is 5.04. The van der Waals surface area contributed by atoms with E-state index in [0.29, 0.717) is 69.1 Å². The number of likely N-dealkylation sites (tertiary alicyclic amines) is 1. The second-order valence-electron chi connectivity index (χ2n) is 19.1. The normalized spacial score (nSPS) is 29.5. The number of rotatable bonds is 6. The van der Waals surface area contributed by atoms with Crippen molar-refractivity contribution in [1.29, 1.82) is 5.26 Å². The first-order valence-electron chi connectivity index (χ1n) is 21.2. The summed E-state index contributed by atoms with van der Waals surface area (Å²) in [6.45, 7) is 12.7. The predicted molar refractivity (Wildman–Crippen MR) is 223 cm³/mol. The zero-order valence-corrected chi connectivity index (χ0v) is 35.3. The van der Waals surface area contributed by atoms with E-state index >= 15 is 0 Å². The van der Waals surface area contributed by atoms with E-state index in [-0.39, 0.29) is 41.7 Å². The van der Waals surface area contributed by atoms with Crippen molar-refractivity contribution < 1.29 is 28.7 Å². The third kappa shape index (κ3) is 6.30. The van der Waals surface area contributed by atoms with Crippen molar-refractivity contribution in [2.24, 2.45) is 28.6 Å². The fourth-order valence-corrected chi connectivity index (χ4v) is 12.1. The molecule has 13 nitrogen and oxygen atoms in total. The summed E-state index contributed by atoms with van der Waals surface area (Å²) in [4.78, 5) is 77.2. The zero-order valence-electron chi connectivity index (χ0n) is 34.5. The first-order chi connectivity index (χ1) is 29.1. The van der Waals surface area contributed by atoms with Gasteiger partial charge in [0.15, 0.2) is 0 Å². The summed E-state index contributed by atoms with van der Waals surface area (Å²) in [5.74, 6) is 6.69. The van der Waals surface area contributed by atoms with Crippen LogP contribution in [0.4, 0.5) is 5.69 Å². The number of anilines is 1. The molecule has 0 spiro atoms. The van der Waals surface area contributed by atoms with Crippen molar-refractivity contribution in [3.63, 3.8) is 0 Å². The maximum absolute atomic E-state index is 13.8. The van der Waals surface area contributed by atoms with Crippen molar-refractivity contribution >= 4 is 46.8 Å². The fraction of sp³-hybridized carbons (Fsp3) is 0.468. The number of nitrogens with one attached hydrogen (secondary N) is 1. The number of imide groups is 2. The number of hydrogen-bond acceptors (Lipinski definition) is 10. The number of nitriles is 1. The maximum Gasteiger partial charge on any atom is 0.262 e. The zero-order chi connectivity index (χ0) is 42.7. The number of nitrogens with zero attached hydrogens (tertiary/aromatic N) is 6. The van der Waals surface area contributed by atoms with Crippen molar-refractivity contribution in [1.82, 2.24) is 25.0 Å². The number of ether oxygens (including phenoxy) is 1. The number of benzene rings is 2. The molecule has 2 saturated carbocycles. The number of halogens is 1. The molecule has 10 rings (SSSR count). The molecule has 6 heterocycles. The summed E-state index contributed by atoms with van der Waals surface area (Å²) in [6.07, 6.45) is 2.06. The number of piperidine rings is 1. The van der Waals surface area contributed by atoms with E-state index < -0.39 is 29.7 Å². The Morgan fingerprint density at radius 1 is 0.852 bits per heavy atom. The van der Waals surface area contributed by atoms with Crippen LogP contribution in [0.3, 0.4) is 0 Å². The standard InChI is InChI=1S/C47H46ClN7O6/c1-46(2)44(47(3,4)45(46)61-32-10-6-26(19-49)36(48)18-32)54-24-37-34(41(54)58)11-8-29(50-37)7-5-25-15-31(16-25)53-22-27-20-52(21-28(27)23-53)30-9-12-33-35(17-30)43(60)55(42(33)59)38-13-14-39(56)51-40(38)57/h6,8-12,17-18,25,27-28,31,38,44-45H,13-16,20-24H2,1-4H3,(H,51,56,57)/t25?,27?,28?,31?,38?,44-,45-. The van der Waals surface area contributed by atoms with E-state index in [0.717, 1.165) is 55.3 Å². The van der Waals surface area contributed by atoms with Gasteiger partial charge in [0.2, 0.25) is 11.8 Å². The van der Waals surface area contributed by atoms with Crippen LogP contribution in [0.15, 0.2) is 48.5 Å². The van der Waals surface area contributed by atoms with E-state index in [1.54, 1.807) is 30.3 Å². The molecule has 3 aromatic rings. The van der Waals surface area contributed by atoms with Crippen molar-refractivity contribution in [2.45, 2.75) is 84.2 Å². The Labute approximate surface area is 359 Å². The molecule has 5 aliphatic heterocycles. The number of fused-ring (bicyclic) bond motifs is 3. The third-order valence-electron chi connectivity index (χ3n) is 14.5. The van der Waals surface area contributed by atoms with Crippen LogP contribution in [0.2, 0.25) is 5.02 Å². The molecule has 7 aliphatic rings. The van der Waals surface area contributed by atoms with Crippen LogP contribution >= 0.6 is 11.6 Å². The lowest BCUT2D eigenvalue weighted by Gasteiger charge is -2.65. The highest BCUT2D eigenvalue weighted by Crippen LogP contribution is 2.59. The van der Waals surface area contributed by atoms with Crippen LogP contribution in [0.25, 0.3) is 0 Å². The van der Waals surface area contributed by atoms with E-state index in [1.807, 2.05) is 23.1 Å². The summed E-state index contributed by atoms with van der Waals surface area (Å²) in [5.41, 5.74) is 3.24. The quantitative estimate of drug-likeness (QED) is 0.264. The van der Waals surface area contributed by atoms with Gasteiger partial charge in [-0.05, 0) is 79.5 Å². The Bertz CT molecular complexity index is 2540. The number of pyridine rings is 1. The minimum absolute atomic E-state index is 0.0226.